The van der Waals surface area contributed by atoms with E-state index in [-0.39, 0.29) is 17.9 Å². The number of amides is 1. The molecule has 1 atom stereocenters. The van der Waals surface area contributed by atoms with Crippen LogP contribution in [-0.2, 0) is 16.1 Å². The monoisotopic (exact) mass is 385 g/mol. The smallest absolute Gasteiger partial charge is 0.295 e. The van der Waals surface area contributed by atoms with Gasteiger partial charge in [-0.3, -0.25) is 19.6 Å². The Morgan fingerprint density at radius 3 is 2.52 bits per heavy atom. The predicted molar refractivity (Wildman–Crippen MR) is 107 cm³/mol. The van der Waals surface area contributed by atoms with Crippen molar-refractivity contribution >= 4 is 17.4 Å². The number of ketones is 1. The average molecular weight is 385 g/mol. The molecule has 1 unspecified atom stereocenters. The van der Waals surface area contributed by atoms with Crippen molar-refractivity contribution in [2.45, 2.75) is 19.5 Å². The standard InChI is InChI=1S/C23H19N3O3/c1-15-4-2-6-18(12-15)20-19(21(27)17-7-10-24-11-8-17)22(28)23(29)26(20)14-16-5-3-9-25-13-16/h2-13,20,27H,14H2,1H3/b21-19-. The van der Waals surface area contributed by atoms with E-state index in [0.717, 1.165) is 16.7 Å². The summed E-state index contributed by atoms with van der Waals surface area (Å²) in [6.45, 7) is 2.16. The largest absolute Gasteiger partial charge is 0.507 e. The highest BCUT2D eigenvalue weighted by atomic mass is 16.3. The van der Waals surface area contributed by atoms with Gasteiger partial charge in [0, 0.05) is 36.9 Å². The fourth-order valence-corrected chi connectivity index (χ4v) is 3.58. The van der Waals surface area contributed by atoms with Crippen LogP contribution in [0.25, 0.3) is 5.76 Å². The minimum atomic E-state index is -0.699. The third-order valence-electron chi connectivity index (χ3n) is 4.93. The molecular weight excluding hydrogens is 366 g/mol. The summed E-state index contributed by atoms with van der Waals surface area (Å²) in [5.74, 6) is -1.54. The zero-order chi connectivity index (χ0) is 20.4. The van der Waals surface area contributed by atoms with E-state index in [9.17, 15) is 14.7 Å². The first-order valence-electron chi connectivity index (χ1n) is 9.20. The summed E-state index contributed by atoms with van der Waals surface area (Å²) >= 11 is 0. The molecule has 0 bridgehead atoms. The molecule has 6 nitrogen and oxygen atoms in total. The van der Waals surface area contributed by atoms with Crippen molar-refractivity contribution in [3.05, 3.63) is 101 Å². The van der Waals surface area contributed by atoms with Crippen LogP contribution in [0.1, 0.15) is 28.3 Å². The van der Waals surface area contributed by atoms with E-state index in [1.54, 1.807) is 30.6 Å². The number of carbonyl (C=O) groups excluding carboxylic acids is 2. The summed E-state index contributed by atoms with van der Waals surface area (Å²) in [5, 5.41) is 10.9. The van der Waals surface area contributed by atoms with Gasteiger partial charge < -0.3 is 10.0 Å². The number of aryl methyl sites for hydroxylation is 1. The Kier molecular flexibility index (Phi) is 4.91. The Hall–Kier alpha value is -3.80. The minimum Gasteiger partial charge on any atom is -0.507 e. The van der Waals surface area contributed by atoms with Crippen molar-refractivity contribution in [2.24, 2.45) is 0 Å². The van der Waals surface area contributed by atoms with Crippen molar-refractivity contribution in [3.8, 4) is 0 Å². The van der Waals surface area contributed by atoms with Crippen LogP contribution in [0.15, 0.2) is 78.9 Å². The molecule has 2 aromatic heterocycles. The number of aliphatic hydroxyl groups excluding tert-OH is 1. The van der Waals surface area contributed by atoms with E-state index in [1.807, 2.05) is 37.3 Å². The van der Waals surface area contributed by atoms with Crippen molar-refractivity contribution in [1.82, 2.24) is 14.9 Å². The summed E-state index contributed by atoms with van der Waals surface area (Å²) in [6, 6.07) is 13.8. The molecule has 1 saturated heterocycles. The quantitative estimate of drug-likeness (QED) is 0.423. The van der Waals surface area contributed by atoms with Crippen molar-refractivity contribution in [2.75, 3.05) is 0 Å². The first-order chi connectivity index (χ1) is 14.1. The molecule has 0 aliphatic carbocycles. The Bertz CT molecular complexity index is 1090. The van der Waals surface area contributed by atoms with Crippen LogP contribution in [0.4, 0.5) is 0 Å². The zero-order valence-corrected chi connectivity index (χ0v) is 15.8. The maximum absolute atomic E-state index is 12.9. The van der Waals surface area contributed by atoms with Crippen LogP contribution in [0.2, 0.25) is 0 Å². The maximum Gasteiger partial charge on any atom is 0.295 e. The second-order valence-electron chi connectivity index (χ2n) is 6.94. The van der Waals surface area contributed by atoms with Gasteiger partial charge in [0.2, 0.25) is 0 Å². The Balaban J connectivity index is 1.87. The second-order valence-corrected chi connectivity index (χ2v) is 6.94. The number of Topliss-reactive ketones (excluding diaryl/α,β-unsaturated/α-hetero) is 1. The predicted octanol–water partition coefficient (Wildman–Crippen LogP) is 3.41. The van der Waals surface area contributed by atoms with E-state index in [1.165, 1.54) is 17.3 Å². The van der Waals surface area contributed by atoms with Crippen molar-refractivity contribution < 1.29 is 14.7 Å². The molecule has 3 aromatic rings. The summed E-state index contributed by atoms with van der Waals surface area (Å²) in [4.78, 5) is 35.4. The number of rotatable bonds is 4. The summed E-state index contributed by atoms with van der Waals surface area (Å²) in [6.07, 6.45) is 6.37. The molecule has 4 rings (SSSR count). The number of hydrogen-bond donors (Lipinski definition) is 1. The molecule has 1 aliphatic heterocycles. The highest BCUT2D eigenvalue weighted by Crippen LogP contribution is 2.40. The normalized spacial score (nSPS) is 18.2. The molecule has 1 amide bonds. The summed E-state index contributed by atoms with van der Waals surface area (Å²) in [5.41, 5.74) is 3.09. The van der Waals surface area contributed by atoms with Crippen LogP contribution in [0.3, 0.4) is 0 Å². The fourth-order valence-electron chi connectivity index (χ4n) is 3.58. The lowest BCUT2D eigenvalue weighted by Crippen LogP contribution is -2.29. The molecule has 6 heteroatoms. The van der Waals surface area contributed by atoms with Gasteiger partial charge in [0.15, 0.2) is 0 Å². The van der Waals surface area contributed by atoms with E-state index in [2.05, 4.69) is 9.97 Å². The number of nitrogens with zero attached hydrogens (tertiary/aromatic N) is 3. The molecule has 1 aliphatic rings. The van der Waals surface area contributed by atoms with Gasteiger partial charge in [0.25, 0.3) is 11.7 Å². The molecular formula is C23H19N3O3. The molecule has 1 N–H and O–H groups in total. The van der Waals surface area contributed by atoms with Crippen LogP contribution in [0.5, 0.6) is 0 Å². The highest BCUT2D eigenvalue weighted by molar-refractivity contribution is 6.46. The number of aliphatic hydroxyl groups is 1. The zero-order valence-electron chi connectivity index (χ0n) is 15.8. The Morgan fingerprint density at radius 2 is 1.83 bits per heavy atom. The van der Waals surface area contributed by atoms with Gasteiger partial charge in [-0.25, -0.2) is 0 Å². The summed E-state index contributed by atoms with van der Waals surface area (Å²) < 4.78 is 0. The lowest BCUT2D eigenvalue weighted by atomic mass is 9.94. The van der Waals surface area contributed by atoms with E-state index in [0.29, 0.717) is 5.56 Å². The molecule has 144 valence electrons. The SMILES string of the molecule is Cc1cccc(C2/C(=C(/O)c3ccncc3)C(=O)C(=O)N2Cc2cccnc2)c1. The third kappa shape index (κ3) is 3.52. The first-order valence-corrected chi connectivity index (χ1v) is 9.20. The van der Waals surface area contributed by atoms with Gasteiger partial charge in [-0.1, -0.05) is 35.9 Å². The van der Waals surface area contributed by atoms with Gasteiger partial charge in [0.1, 0.15) is 5.76 Å². The number of benzene rings is 1. The number of likely N-dealkylation sites (tertiary alicyclic amines) is 1. The third-order valence-corrected chi connectivity index (χ3v) is 4.93. The molecule has 0 spiro atoms. The number of pyridine rings is 2. The molecule has 0 saturated carbocycles. The molecule has 0 radical (unpaired) electrons. The molecule has 1 aromatic carbocycles. The van der Waals surface area contributed by atoms with E-state index in [4.69, 9.17) is 0 Å². The fraction of sp³-hybridized carbons (Fsp3) is 0.130. The van der Waals surface area contributed by atoms with Crippen LogP contribution in [0, 0.1) is 6.92 Å². The Morgan fingerprint density at radius 1 is 1.03 bits per heavy atom. The number of aromatic nitrogens is 2. The van der Waals surface area contributed by atoms with Crippen LogP contribution < -0.4 is 0 Å². The highest BCUT2D eigenvalue weighted by Gasteiger charge is 2.46. The van der Waals surface area contributed by atoms with Gasteiger partial charge >= 0.3 is 0 Å². The van der Waals surface area contributed by atoms with Gasteiger partial charge in [-0.15, -0.1) is 0 Å². The molecule has 29 heavy (non-hydrogen) atoms. The first kappa shape index (κ1) is 18.6. The number of carbonyl (C=O) groups is 2. The molecule has 3 heterocycles. The van der Waals surface area contributed by atoms with Crippen LogP contribution >= 0.6 is 0 Å². The molecule has 1 fully saturated rings. The topological polar surface area (TPSA) is 83.4 Å². The Labute approximate surface area is 168 Å². The van der Waals surface area contributed by atoms with Crippen LogP contribution in [-0.4, -0.2) is 31.7 Å². The van der Waals surface area contributed by atoms with Gasteiger partial charge in [-0.2, -0.15) is 0 Å². The van der Waals surface area contributed by atoms with E-state index >= 15 is 0 Å². The van der Waals surface area contributed by atoms with Crippen molar-refractivity contribution in [3.63, 3.8) is 0 Å². The average Bonchev–Trinajstić information content (AvgIpc) is 2.99. The second kappa shape index (κ2) is 7.67. The van der Waals surface area contributed by atoms with E-state index < -0.39 is 17.7 Å². The van der Waals surface area contributed by atoms with Gasteiger partial charge in [0.05, 0.1) is 11.6 Å². The maximum atomic E-state index is 12.9. The van der Waals surface area contributed by atoms with Gasteiger partial charge in [-0.05, 0) is 36.2 Å². The summed E-state index contributed by atoms with van der Waals surface area (Å²) in [7, 11) is 0. The van der Waals surface area contributed by atoms with Crippen molar-refractivity contribution in [1.29, 1.82) is 0 Å². The number of hydrogen-bond acceptors (Lipinski definition) is 5. The minimum absolute atomic E-state index is 0.0793. The lowest BCUT2D eigenvalue weighted by Gasteiger charge is -2.25. The lowest BCUT2D eigenvalue weighted by molar-refractivity contribution is -0.140.